The first-order valence-electron chi connectivity index (χ1n) is 13.9. The number of nitrogens with one attached hydrogen (secondary N) is 1. The SMILES string of the molecule is Cc1cccc(CN2C(=O)/C(=C/c3ccc(C(=O)NCCN(C)C4CCCCC4)cc3)Oc3ccccc32)c1. The number of para-hydroxylation sites is 2. The van der Waals surface area contributed by atoms with E-state index in [1.807, 2.05) is 61.5 Å². The summed E-state index contributed by atoms with van der Waals surface area (Å²) in [5.74, 6) is 0.614. The van der Waals surface area contributed by atoms with E-state index in [0.717, 1.165) is 28.9 Å². The number of likely N-dealkylation sites (N-methyl/N-ethyl adjacent to an activating group) is 1. The lowest BCUT2D eigenvalue weighted by Gasteiger charge is -2.31. The number of carbonyl (C=O) groups excluding carboxylic acids is 2. The summed E-state index contributed by atoms with van der Waals surface area (Å²) in [6.45, 7) is 3.97. The second-order valence-corrected chi connectivity index (χ2v) is 10.6. The number of hydrogen-bond donors (Lipinski definition) is 1. The number of rotatable bonds is 8. The van der Waals surface area contributed by atoms with Crippen LogP contribution in [0.4, 0.5) is 5.69 Å². The maximum absolute atomic E-state index is 13.5. The molecule has 202 valence electrons. The topological polar surface area (TPSA) is 61.9 Å². The number of nitrogens with zero attached hydrogens (tertiary/aromatic N) is 2. The third-order valence-electron chi connectivity index (χ3n) is 7.67. The molecule has 3 aromatic rings. The lowest BCUT2D eigenvalue weighted by Crippen LogP contribution is -2.39. The highest BCUT2D eigenvalue weighted by Crippen LogP contribution is 2.36. The first kappa shape index (κ1) is 26.7. The highest BCUT2D eigenvalue weighted by molar-refractivity contribution is 6.09. The van der Waals surface area contributed by atoms with Crippen LogP contribution in [0.5, 0.6) is 5.75 Å². The van der Waals surface area contributed by atoms with Crippen LogP contribution in [0.25, 0.3) is 6.08 Å². The number of hydrogen-bond acceptors (Lipinski definition) is 4. The quantitative estimate of drug-likeness (QED) is 0.370. The van der Waals surface area contributed by atoms with Gasteiger partial charge in [-0.3, -0.25) is 14.5 Å². The molecule has 0 unspecified atom stereocenters. The molecule has 5 rings (SSSR count). The molecular weight excluding hydrogens is 486 g/mol. The van der Waals surface area contributed by atoms with Crippen molar-refractivity contribution in [3.63, 3.8) is 0 Å². The lowest BCUT2D eigenvalue weighted by molar-refractivity contribution is -0.117. The molecule has 1 heterocycles. The maximum Gasteiger partial charge on any atom is 0.294 e. The van der Waals surface area contributed by atoms with Crippen molar-refractivity contribution in [2.75, 3.05) is 25.0 Å². The molecule has 3 aromatic carbocycles. The van der Waals surface area contributed by atoms with E-state index < -0.39 is 0 Å². The molecule has 0 aromatic heterocycles. The summed E-state index contributed by atoms with van der Waals surface area (Å²) in [4.78, 5) is 30.3. The van der Waals surface area contributed by atoms with Crippen LogP contribution >= 0.6 is 0 Å². The van der Waals surface area contributed by atoms with Gasteiger partial charge < -0.3 is 15.0 Å². The van der Waals surface area contributed by atoms with Crippen molar-refractivity contribution in [1.82, 2.24) is 10.2 Å². The third kappa shape index (κ3) is 6.58. The first-order chi connectivity index (χ1) is 19.0. The van der Waals surface area contributed by atoms with Crippen LogP contribution in [-0.2, 0) is 11.3 Å². The summed E-state index contributed by atoms with van der Waals surface area (Å²) < 4.78 is 6.03. The van der Waals surface area contributed by atoms with Gasteiger partial charge in [-0.2, -0.15) is 0 Å². The van der Waals surface area contributed by atoms with Crippen LogP contribution in [0.2, 0.25) is 0 Å². The highest BCUT2D eigenvalue weighted by atomic mass is 16.5. The zero-order chi connectivity index (χ0) is 27.2. The Morgan fingerprint density at radius 1 is 1.03 bits per heavy atom. The minimum atomic E-state index is -0.195. The van der Waals surface area contributed by atoms with E-state index in [9.17, 15) is 9.59 Å². The first-order valence-corrected chi connectivity index (χ1v) is 13.9. The molecule has 0 bridgehead atoms. The van der Waals surface area contributed by atoms with Crippen LogP contribution in [-0.4, -0.2) is 42.9 Å². The summed E-state index contributed by atoms with van der Waals surface area (Å²) >= 11 is 0. The van der Waals surface area contributed by atoms with E-state index in [1.165, 1.54) is 32.1 Å². The van der Waals surface area contributed by atoms with Crippen LogP contribution in [0.3, 0.4) is 0 Å². The van der Waals surface area contributed by atoms with E-state index in [2.05, 4.69) is 23.3 Å². The van der Waals surface area contributed by atoms with Gasteiger partial charge in [-0.1, -0.05) is 73.4 Å². The van der Waals surface area contributed by atoms with Crippen molar-refractivity contribution in [2.45, 2.75) is 51.6 Å². The lowest BCUT2D eigenvalue weighted by atomic mass is 9.94. The molecule has 0 radical (unpaired) electrons. The molecule has 6 nitrogen and oxygen atoms in total. The summed E-state index contributed by atoms with van der Waals surface area (Å²) in [5.41, 5.74) is 4.35. The Hall–Kier alpha value is -3.90. The van der Waals surface area contributed by atoms with Gasteiger partial charge >= 0.3 is 0 Å². The summed E-state index contributed by atoms with van der Waals surface area (Å²) in [5, 5.41) is 3.04. The zero-order valence-electron chi connectivity index (χ0n) is 22.9. The van der Waals surface area contributed by atoms with Gasteiger partial charge in [0.25, 0.3) is 11.8 Å². The molecule has 1 N–H and O–H groups in total. The van der Waals surface area contributed by atoms with Crippen molar-refractivity contribution >= 4 is 23.6 Å². The van der Waals surface area contributed by atoms with Crippen molar-refractivity contribution in [2.24, 2.45) is 0 Å². The molecule has 1 aliphatic carbocycles. The predicted molar refractivity (Wildman–Crippen MR) is 156 cm³/mol. The average molecular weight is 524 g/mol. The fourth-order valence-corrected chi connectivity index (χ4v) is 5.45. The Morgan fingerprint density at radius 3 is 2.56 bits per heavy atom. The summed E-state index contributed by atoms with van der Waals surface area (Å²) in [6.07, 6.45) is 8.19. The van der Waals surface area contributed by atoms with E-state index in [4.69, 9.17) is 4.74 Å². The molecule has 2 amide bonds. The van der Waals surface area contributed by atoms with Gasteiger partial charge in [-0.25, -0.2) is 0 Å². The maximum atomic E-state index is 13.5. The number of carbonyl (C=O) groups is 2. The smallest absolute Gasteiger partial charge is 0.294 e. The standard InChI is InChI=1S/C33H37N3O3/c1-24-9-8-10-26(21-24)23-36-29-13-6-7-14-30(29)39-31(33(36)38)22-25-15-17-27(18-16-25)32(37)34-19-20-35(2)28-11-4-3-5-12-28/h6-10,13-18,21-22,28H,3-5,11-12,19-20,23H2,1-2H3,(H,34,37)/b31-22-. The fraction of sp³-hybridized carbons (Fsp3) is 0.333. The zero-order valence-corrected chi connectivity index (χ0v) is 22.9. The largest absolute Gasteiger partial charge is 0.449 e. The van der Waals surface area contributed by atoms with Gasteiger partial charge in [0.1, 0.15) is 0 Å². The molecular formula is C33H37N3O3. The van der Waals surface area contributed by atoms with Crippen LogP contribution in [0.1, 0.15) is 59.2 Å². The van der Waals surface area contributed by atoms with Crippen LogP contribution in [0, 0.1) is 6.92 Å². The van der Waals surface area contributed by atoms with Crippen LogP contribution in [0.15, 0.2) is 78.6 Å². The third-order valence-corrected chi connectivity index (χ3v) is 7.67. The van der Waals surface area contributed by atoms with Gasteiger partial charge in [0.2, 0.25) is 0 Å². The summed E-state index contributed by atoms with van der Waals surface area (Å²) in [7, 11) is 2.15. The molecule has 1 aliphatic heterocycles. The van der Waals surface area contributed by atoms with Gasteiger partial charge in [0, 0.05) is 24.7 Å². The second-order valence-electron chi connectivity index (χ2n) is 10.6. The van der Waals surface area contributed by atoms with Gasteiger partial charge in [0.15, 0.2) is 11.5 Å². The number of aryl methyl sites for hydroxylation is 1. The Bertz CT molecular complexity index is 1340. The minimum absolute atomic E-state index is 0.0884. The van der Waals surface area contributed by atoms with Gasteiger partial charge in [-0.15, -0.1) is 0 Å². The van der Waals surface area contributed by atoms with Crippen LogP contribution < -0.4 is 15.0 Å². The molecule has 2 aliphatic rings. The number of anilines is 1. The minimum Gasteiger partial charge on any atom is -0.449 e. The Kier molecular flexibility index (Phi) is 8.42. The molecule has 1 saturated carbocycles. The average Bonchev–Trinajstić information content (AvgIpc) is 2.96. The van der Waals surface area contributed by atoms with E-state index in [-0.39, 0.29) is 17.6 Å². The van der Waals surface area contributed by atoms with Gasteiger partial charge in [-0.05, 0) is 68.3 Å². The predicted octanol–water partition coefficient (Wildman–Crippen LogP) is 5.96. The fourth-order valence-electron chi connectivity index (χ4n) is 5.45. The van der Waals surface area contributed by atoms with Gasteiger partial charge in [0.05, 0.1) is 12.2 Å². The van der Waals surface area contributed by atoms with E-state index in [1.54, 1.807) is 23.1 Å². The van der Waals surface area contributed by atoms with E-state index >= 15 is 0 Å². The second kappa shape index (κ2) is 12.3. The van der Waals surface area contributed by atoms with Crippen molar-refractivity contribution in [3.05, 3.63) is 101 Å². The number of ether oxygens (including phenoxy) is 1. The van der Waals surface area contributed by atoms with E-state index in [0.29, 0.717) is 30.4 Å². The van der Waals surface area contributed by atoms with Crippen molar-refractivity contribution < 1.29 is 14.3 Å². The molecule has 0 saturated heterocycles. The molecule has 1 fully saturated rings. The van der Waals surface area contributed by atoms with Crippen molar-refractivity contribution in [3.8, 4) is 5.75 Å². The summed E-state index contributed by atoms with van der Waals surface area (Å²) in [6, 6.07) is 23.7. The van der Waals surface area contributed by atoms with Crippen molar-refractivity contribution in [1.29, 1.82) is 0 Å². The Labute approximate surface area is 231 Å². The number of benzene rings is 3. The molecule has 0 spiro atoms. The monoisotopic (exact) mass is 523 g/mol. The Morgan fingerprint density at radius 2 is 1.79 bits per heavy atom. The molecule has 0 atom stereocenters. The molecule has 6 heteroatoms. The number of fused-ring (bicyclic) bond motifs is 1. The molecule has 39 heavy (non-hydrogen) atoms. The highest BCUT2D eigenvalue weighted by Gasteiger charge is 2.30. The Balaban J connectivity index is 1.24. The number of amides is 2. The normalized spacial score (nSPS) is 16.7.